The summed E-state index contributed by atoms with van der Waals surface area (Å²) in [5.41, 5.74) is 2.64. The highest BCUT2D eigenvalue weighted by Crippen LogP contribution is 2.44. The normalized spacial score (nSPS) is 19.4. The van der Waals surface area contributed by atoms with Gasteiger partial charge in [-0.1, -0.05) is 12.1 Å². The zero-order valence-corrected chi connectivity index (χ0v) is 16.2. The van der Waals surface area contributed by atoms with Crippen LogP contribution in [0.3, 0.4) is 0 Å². The average molecular weight is 383 g/mol. The second-order valence-electron chi connectivity index (χ2n) is 7.72. The van der Waals surface area contributed by atoms with Gasteiger partial charge in [-0.3, -0.25) is 9.78 Å². The molecule has 2 aromatic rings. The Kier molecular flexibility index (Phi) is 5.42. The summed E-state index contributed by atoms with van der Waals surface area (Å²) in [6.07, 6.45) is 4.00. The lowest BCUT2D eigenvalue weighted by Gasteiger charge is -2.40. The summed E-state index contributed by atoms with van der Waals surface area (Å²) < 4.78 is 19.9. The minimum absolute atomic E-state index is 0.0375. The van der Waals surface area contributed by atoms with Crippen LogP contribution in [-0.4, -0.2) is 42.5 Å². The Balaban J connectivity index is 1.42. The second-order valence-corrected chi connectivity index (χ2v) is 7.72. The molecule has 1 amide bonds. The average Bonchev–Trinajstić information content (AvgIpc) is 3.07. The summed E-state index contributed by atoms with van der Waals surface area (Å²) in [7, 11) is 1.68. The molecule has 1 unspecified atom stereocenters. The first-order chi connectivity index (χ1) is 13.6. The maximum absolute atomic E-state index is 13.8. The van der Waals surface area contributed by atoms with Crippen molar-refractivity contribution < 1.29 is 13.9 Å². The second kappa shape index (κ2) is 7.97. The lowest BCUT2D eigenvalue weighted by Crippen LogP contribution is -2.46. The van der Waals surface area contributed by atoms with Gasteiger partial charge in [-0.2, -0.15) is 0 Å². The Morgan fingerprint density at radius 3 is 2.86 bits per heavy atom. The van der Waals surface area contributed by atoms with Gasteiger partial charge in [-0.15, -0.1) is 0 Å². The topological polar surface area (TPSA) is 54.5 Å². The van der Waals surface area contributed by atoms with Crippen molar-refractivity contribution in [3.8, 4) is 0 Å². The molecule has 1 fully saturated rings. The molecule has 1 aromatic carbocycles. The van der Waals surface area contributed by atoms with E-state index in [0.29, 0.717) is 19.6 Å². The van der Waals surface area contributed by atoms with Crippen molar-refractivity contribution in [2.24, 2.45) is 5.92 Å². The predicted octanol–water partition coefficient (Wildman–Crippen LogP) is 2.65. The van der Waals surface area contributed by atoms with Crippen LogP contribution in [0, 0.1) is 11.7 Å². The highest BCUT2D eigenvalue weighted by molar-refractivity contribution is 5.78. The highest BCUT2D eigenvalue weighted by atomic mass is 19.1. The van der Waals surface area contributed by atoms with Crippen molar-refractivity contribution in [1.82, 2.24) is 15.2 Å². The van der Waals surface area contributed by atoms with E-state index < -0.39 is 0 Å². The van der Waals surface area contributed by atoms with Gasteiger partial charge in [-0.05, 0) is 48.2 Å². The lowest BCUT2D eigenvalue weighted by molar-refractivity contribution is -0.126. The molecule has 4 rings (SSSR count). The number of halogens is 1. The van der Waals surface area contributed by atoms with Crippen LogP contribution >= 0.6 is 0 Å². The number of nitrogens with one attached hydrogen (secondary N) is 1. The van der Waals surface area contributed by atoms with E-state index in [9.17, 15) is 9.18 Å². The van der Waals surface area contributed by atoms with Crippen molar-refractivity contribution in [3.05, 3.63) is 65.2 Å². The van der Waals surface area contributed by atoms with Crippen molar-refractivity contribution in [1.29, 1.82) is 0 Å². The van der Waals surface area contributed by atoms with Crippen LogP contribution in [0.5, 0.6) is 0 Å². The summed E-state index contributed by atoms with van der Waals surface area (Å²) in [6.45, 7) is 2.88. The molecule has 1 N–H and O–H groups in total. The van der Waals surface area contributed by atoms with Crippen molar-refractivity contribution in [2.45, 2.75) is 31.5 Å². The van der Waals surface area contributed by atoms with E-state index in [4.69, 9.17) is 4.74 Å². The number of ether oxygens (including phenoxy) is 1. The number of nitrogens with zero attached hydrogens (tertiary/aromatic N) is 2. The minimum atomic E-state index is -0.378. The first-order valence-corrected chi connectivity index (χ1v) is 9.86. The van der Waals surface area contributed by atoms with Crippen LogP contribution in [0.1, 0.15) is 29.7 Å². The van der Waals surface area contributed by atoms with E-state index in [-0.39, 0.29) is 23.2 Å². The third-order valence-corrected chi connectivity index (χ3v) is 6.01. The zero-order valence-electron chi connectivity index (χ0n) is 16.2. The molecule has 3 heterocycles. The molecule has 1 aromatic heterocycles. The molecule has 1 saturated heterocycles. The van der Waals surface area contributed by atoms with E-state index in [1.807, 2.05) is 24.3 Å². The lowest BCUT2D eigenvalue weighted by atomic mass is 9.83. The van der Waals surface area contributed by atoms with E-state index in [2.05, 4.69) is 15.2 Å². The van der Waals surface area contributed by atoms with Crippen LogP contribution < -0.4 is 5.32 Å². The van der Waals surface area contributed by atoms with Gasteiger partial charge in [-0.25, -0.2) is 4.39 Å². The van der Waals surface area contributed by atoms with Gasteiger partial charge in [0.05, 0.1) is 18.1 Å². The standard InChI is InChI=1S/C22H26FN3O2/c1-24-21(27)17(12-19-4-2-3-9-25-19)14-26-10-7-22(8-11-26)20-13-18(23)6-5-16(20)15-28-22/h2-6,9,13,17H,7-8,10-12,14-15H2,1H3,(H,24,27). The predicted molar refractivity (Wildman–Crippen MR) is 104 cm³/mol. The Bertz CT molecular complexity index is 835. The van der Waals surface area contributed by atoms with Crippen molar-refractivity contribution in [3.63, 3.8) is 0 Å². The van der Waals surface area contributed by atoms with E-state index in [0.717, 1.165) is 42.8 Å². The van der Waals surface area contributed by atoms with Gasteiger partial charge in [0.15, 0.2) is 0 Å². The number of carbonyl (C=O) groups excluding carboxylic acids is 1. The maximum Gasteiger partial charge on any atom is 0.224 e. The molecule has 1 spiro atoms. The number of aromatic nitrogens is 1. The summed E-state index contributed by atoms with van der Waals surface area (Å²) >= 11 is 0. The van der Waals surface area contributed by atoms with Crippen LogP contribution in [0.15, 0.2) is 42.6 Å². The fraction of sp³-hybridized carbons (Fsp3) is 0.455. The molecular formula is C22H26FN3O2. The minimum Gasteiger partial charge on any atom is -0.365 e. The van der Waals surface area contributed by atoms with E-state index in [1.165, 1.54) is 6.07 Å². The zero-order chi connectivity index (χ0) is 19.6. The Morgan fingerprint density at radius 2 is 2.14 bits per heavy atom. The number of amides is 1. The third-order valence-electron chi connectivity index (χ3n) is 6.01. The van der Waals surface area contributed by atoms with Gasteiger partial charge >= 0.3 is 0 Å². The maximum atomic E-state index is 13.8. The molecule has 28 heavy (non-hydrogen) atoms. The number of carbonyl (C=O) groups is 1. The molecular weight excluding hydrogens is 357 g/mol. The van der Waals surface area contributed by atoms with E-state index >= 15 is 0 Å². The van der Waals surface area contributed by atoms with E-state index in [1.54, 1.807) is 19.3 Å². The fourth-order valence-corrected chi connectivity index (χ4v) is 4.43. The van der Waals surface area contributed by atoms with Gasteiger partial charge in [0, 0.05) is 45.0 Å². The monoisotopic (exact) mass is 383 g/mol. The summed E-state index contributed by atoms with van der Waals surface area (Å²) in [4.78, 5) is 19.1. The molecule has 148 valence electrons. The molecule has 0 aliphatic carbocycles. The number of piperidine rings is 1. The number of rotatable bonds is 5. The fourth-order valence-electron chi connectivity index (χ4n) is 4.43. The third kappa shape index (κ3) is 3.80. The quantitative estimate of drug-likeness (QED) is 0.863. The first-order valence-electron chi connectivity index (χ1n) is 9.86. The SMILES string of the molecule is CNC(=O)C(Cc1ccccn1)CN1CCC2(CC1)OCc1ccc(F)cc12. The smallest absolute Gasteiger partial charge is 0.224 e. The molecule has 1 atom stereocenters. The Labute approximate surface area is 164 Å². The number of fused-ring (bicyclic) bond motifs is 2. The molecule has 6 heteroatoms. The Morgan fingerprint density at radius 1 is 1.32 bits per heavy atom. The highest BCUT2D eigenvalue weighted by Gasteiger charge is 2.43. The van der Waals surface area contributed by atoms with Crippen LogP contribution in [0.2, 0.25) is 0 Å². The molecule has 2 aliphatic heterocycles. The summed E-state index contributed by atoms with van der Waals surface area (Å²) in [6, 6.07) is 10.8. The number of likely N-dealkylation sites (tertiary alicyclic amines) is 1. The molecule has 0 radical (unpaired) electrons. The number of pyridine rings is 1. The van der Waals surface area contributed by atoms with Crippen LogP contribution in [-0.2, 0) is 28.2 Å². The van der Waals surface area contributed by atoms with Gasteiger partial charge in [0.1, 0.15) is 5.82 Å². The molecule has 2 aliphatic rings. The number of hydrogen-bond acceptors (Lipinski definition) is 4. The first kappa shape index (κ1) is 19.0. The van der Waals surface area contributed by atoms with Gasteiger partial charge < -0.3 is 15.0 Å². The Hall–Kier alpha value is -2.31. The molecule has 5 nitrogen and oxygen atoms in total. The van der Waals surface area contributed by atoms with Crippen LogP contribution in [0.4, 0.5) is 4.39 Å². The summed E-state index contributed by atoms with van der Waals surface area (Å²) in [5.74, 6) is -0.320. The van der Waals surface area contributed by atoms with Gasteiger partial charge in [0.2, 0.25) is 5.91 Å². The van der Waals surface area contributed by atoms with Crippen molar-refractivity contribution >= 4 is 5.91 Å². The summed E-state index contributed by atoms with van der Waals surface area (Å²) in [5, 5.41) is 2.78. The largest absolute Gasteiger partial charge is 0.365 e. The number of hydrogen-bond donors (Lipinski definition) is 1. The van der Waals surface area contributed by atoms with Crippen LogP contribution in [0.25, 0.3) is 0 Å². The number of benzene rings is 1. The molecule has 0 saturated carbocycles. The molecule has 0 bridgehead atoms. The van der Waals surface area contributed by atoms with Crippen molar-refractivity contribution in [2.75, 3.05) is 26.7 Å². The van der Waals surface area contributed by atoms with Gasteiger partial charge in [0.25, 0.3) is 0 Å².